The van der Waals surface area contributed by atoms with Gasteiger partial charge in [-0.05, 0) is 22.2 Å². The molecule has 1 aromatic heterocycles. The van der Waals surface area contributed by atoms with Gasteiger partial charge in [-0.2, -0.15) is 4.39 Å². The monoisotopic (exact) mass is 504 g/mol. The molecule has 0 radical (unpaired) electrons. The third-order valence-electron chi connectivity index (χ3n) is 6.84. The van der Waals surface area contributed by atoms with Crippen molar-refractivity contribution < 1.29 is 27.2 Å². The van der Waals surface area contributed by atoms with Crippen molar-refractivity contribution in [1.82, 2.24) is 9.55 Å². The minimum atomic E-state index is -3.00. The van der Waals surface area contributed by atoms with Gasteiger partial charge in [0.2, 0.25) is 5.82 Å². The molecule has 9 nitrogen and oxygen atoms in total. The minimum absolute atomic E-state index is 0.0451. The van der Waals surface area contributed by atoms with E-state index in [0.29, 0.717) is 0 Å². The van der Waals surface area contributed by atoms with E-state index in [4.69, 9.17) is 17.7 Å². The van der Waals surface area contributed by atoms with E-state index in [1.165, 1.54) is 0 Å². The largest absolute Gasteiger partial charge is 0.414 e. The molecular weight excluding hydrogens is 467 g/mol. The van der Waals surface area contributed by atoms with Crippen molar-refractivity contribution in [2.75, 3.05) is 6.61 Å². The molecule has 0 spiro atoms. The summed E-state index contributed by atoms with van der Waals surface area (Å²) in [6, 6.07) is 0. The fourth-order valence-corrected chi connectivity index (χ4v) is 16.2. The molecule has 2 fully saturated rings. The van der Waals surface area contributed by atoms with Crippen LogP contribution in [0.2, 0.25) is 22.2 Å². The first-order valence-electron chi connectivity index (χ1n) is 11.6. The molecule has 3 rings (SSSR count). The summed E-state index contributed by atoms with van der Waals surface area (Å²) >= 11 is 0. The van der Waals surface area contributed by atoms with Gasteiger partial charge in [0.15, 0.2) is 6.23 Å². The van der Waals surface area contributed by atoms with E-state index in [9.17, 15) is 19.1 Å². The Hall–Kier alpha value is -1.16. The van der Waals surface area contributed by atoms with Crippen LogP contribution in [0, 0.1) is 5.82 Å². The van der Waals surface area contributed by atoms with Crippen LogP contribution in [0.1, 0.15) is 61.6 Å². The Morgan fingerprint density at radius 3 is 2.09 bits per heavy atom. The zero-order chi connectivity index (χ0) is 24.9. The molecule has 1 aromatic rings. The number of fused-ring (bicyclic) bond motifs is 1. The van der Waals surface area contributed by atoms with Crippen LogP contribution >= 0.6 is 0 Å². The van der Waals surface area contributed by atoms with Crippen molar-refractivity contribution in [3.63, 3.8) is 0 Å². The lowest BCUT2D eigenvalue weighted by molar-refractivity contribution is -0.0604. The number of ether oxygens (including phenoxy) is 1. The molecule has 0 amide bonds. The van der Waals surface area contributed by atoms with Crippen molar-refractivity contribution in [3.05, 3.63) is 32.9 Å². The summed E-state index contributed by atoms with van der Waals surface area (Å²) in [5.41, 5.74) is -1.63. The standard InChI is InChI=1S/C21H37FN2O7Si2/c1-11(2)32(12(3)4)28-10-16-18(30-33(31-32,13(5)6)14(7)8)17(25)20(29-16)24-9-15(22)19(26)23-21(24)27/h9,11-14,16-18,20,25H,10H2,1-8H3,(H,23,26,27)/t16-,17-,18-,20-/m1/s1. The summed E-state index contributed by atoms with van der Waals surface area (Å²) in [6.45, 7) is 16.7. The third-order valence-corrected chi connectivity index (χ3v) is 17.1. The lowest BCUT2D eigenvalue weighted by atomic mass is 10.1. The SMILES string of the molecule is CC(C)[Si]1(C(C)C)OC[C@H]2O[C@@H](n3cc(F)c(=O)[nH]c3=O)[C@H](O)[C@@H]2O[Si](C(C)C)(C(C)C)O1. The maximum Gasteiger partial charge on any atom is 0.335 e. The molecule has 188 valence electrons. The fourth-order valence-electron chi connectivity index (χ4n) is 5.02. The average molecular weight is 505 g/mol. The maximum absolute atomic E-state index is 14.0. The van der Waals surface area contributed by atoms with E-state index >= 15 is 0 Å². The number of H-pyrrole nitrogens is 1. The van der Waals surface area contributed by atoms with Crippen LogP contribution in [-0.4, -0.2) is 56.7 Å². The Balaban J connectivity index is 2.10. The van der Waals surface area contributed by atoms with Crippen molar-refractivity contribution >= 4 is 17.1 Å². The number of hydrogen-bond donors (Lipinski definition) is 2. The number of aliphatic hydroxyl groups excluding tert-OH is 1. The van der Waals surface area contributed by atoms with E-state index in [-0.39, 0.29) is 28.8 Å². The van der Waals surface area contributed by atoms with Gasteiger partial charge in [0, 0.05) is 0 Å². The predicted molar refractivity (Wildman–Crippen MR) is 125 cm³/mol. The van der Waals surface area contributed by atoms with Crippen LogP contribution in [0.15, 0.2) is 15.8 Å². The Morgan fingerprint density at radius 1 is 1.03 bits per heavy atom. The molecule has 0 saturated carbocycles. The van der Waals surface area contributed by atoms with Crippen molar-refractivity contribution in [3.8, 4) is 0 Å². The number of aromatic amines is 1. The maximum atomic E-state index is 14.0. The van der Waals surface area contributed by atoms with E-state index in [2.05, 4.69) is 55.4 Å². The van der Waals surface area contributed by atoms with Gasteiger partial charge in [-0.25, -0.2) is 4.79 Å². The molecule has 0 unspecified atom stereocenters. The van der Waals surface area contributed by atoms with Crippen molar-refractivity contribution in [1.29, 1.82) is 0 Å². The van der Waals surface area contributed by atoms with Crippen LogP contribution in [0.4, 0.5) is 4.39 Å². The lowest BCUT2D eigenvalue weighted by Gasteiger charge is -2.51. The highest BCUT2D eigenvalue weighted by Crippen LogP contribution is 2.48. The second-order valence-electron chi connectivity index (χ2n) is 10.3. The topological polar surface area (TPSA) is 112 Å². The molecule has 4 atom stereocenters. The summed E-state index contributed by atoms with van der Waals surface area (Å²) in [7, 11) is -5.79. The summed E-state index contributed by atoms with van der Waals surface area (Å²) in [5.74, 6) is -1.14. The Labute approximate surface area is 195 Å². The zero-order valence-electron chi connectivity index (χ0n) is 20.6. The van der Waals surface area contributed by atoms with Crippen LogP contribution < -0.4 is 11.2 Å². The molecule has 3 heterocycles. The quantitative estimate of drug-likeness (QED) is 0.593. The minimum Gasteiger partial charge on any atom is -0.414 e. The highest BCUT2D eigenvalue weighted by molar-refractivity contribution is 6.83. The number of rotatable bonds is 5. The van der Waals surface area contributed by atoms with Crippen molar-refractivity contribution in [2.24, 2.45) is 0 Å². The summed E-state index contributed by atoms with van der Waals surface area (Å²) in [4.78, 5) is 25.7. The van der Waals surface area contributed by atoms with Gasteiger partial charge in [-0.3, -0.25) is 14.3 Å². The second-order valence-corrected chi connectivity index (χ2v) is 19.1. The zero-order valence-corrected chi connectivity index (χ0v) is 22.6. The molecule has 2 N–H and O–H groups in total. The Morgan fingerprint density at radius 2 is 1.58 bits per heavy atom. The molecular formula is C21H37FN2O7Si2. The summed E-state index contributed by atoms with van der Waals surface area (Å²) < 4.78 is 41.3. The molecule has 2 aliphatic heterocycles. The molecule has 2 saturated heterocycles. The number of aliphatic hydroxyl groups is 1. The van der Waals surface area contributed by atoms with E-state index in [0.717, 1.165) is 10.8 Å². The first-order valence-corrected chi connectivity index (χ1v) is 15.6. The van der Waals surface area contributed by atoms with Crippen LogP contribution in [0.5, 0.6) is 0 Å². The Kier molecular flexibility index (Phi) is 7.59. The van der Waals surface area contributed by atoms with Gasteiger partial charge < -0.3 is 22.8 Å². The Bertz CT molecular complexity index is 949. The van der Waals surface area contributed by atoms with Crippen LogP contribution in [0.3, 0.4) is 0 Å². The number of aromatic nitrogens is 2. The van der Waals surface area contributed by atoms with E-state index in [1.54, 1.807) is 0 Å². The highest BCUT2D eigenvalue weighted by atomic mass is 28.5. The normalized spacial score (nSPS) is 29.5. The molecule has 0 aliphatic carbocycles. The van der Waals surface area contributed by atoms with Gasteiger partial charge in [-0.15, -0.1) is 0 Å². The average Bonchev–Trinajstić information content (AvgIpc) is 2.98. The number of hydrogen-bond acceptors (Lipinski definition) is 7. The van der Waals surface area contributed by atoms with Gasteiger partial charge in [0.1, 0.15) is 18.3 Å². The van der Waals surface area contributed by atoms with E-state index in [1.807, 2.05) is 4.98 Å². The van der Waals surface area contributed by atoms with Gasteiger partial charge in [0.25, 0.3) is 5.56 Å². The van der Waals surface area contributed by atoms with Gasteiger partial charge in [-0.1, -0.05) is 55.4 Å². The smallest absolute Gasteiger partial charge is 0.335 e. The van der Waals surface area contributed by atoms with Crippen LogP contribution in [-0.2, 0) is 17.7 Å². The van der Waals surface area contributed by atoms with Crippen molar-refractivity contribution in [2.45, 2.75) is 102 Å². The first-order chi connectivity index (χ1) is 15.3. The second kappa shape index (κ2) is 9.48. The number of nitrogens with zero attached hydrogens (tertiary/aromatic N) is 1. The fraction of sp³-hybridized carbons (Fsp3) is 0.810. The number of halogens is 1. The molecule has 33 heavy (non-hydrogen) atoms. The van der Waals surface area contributed by atoms with E-state index < -0.39 is 58.7 Å². The molecule has 12 heteroatoms. The van der Waals surface area contributed by atoms with Gasteiger partial charge >= 0.3 is 22.8 Å². The molecule has 0 bridgehead atoms. The molecule has 0 aromatic carbocycles. The first kappa shape index (κ1) is 26.4. The van der Waals surface area contributed by atoms with Crippen LogP contribution in [0.25, 0.3) is 0 Å². The summed E-state index contributed by atoms with van der Waals surface area (Å²) in [6.07, 6.45) is -3.30. The van der Waals surface area contributed by atoms with Gasteiger partial charge in [0.05, 0.1) is 12.8 Å². The third kappa shape index (κ3) is 4.46. The summed E-state index contributed by atoms with van der Waals surface area (Å²) in [5, 5.41) is 11.2. The highest BCUT2D eigenvalue weighted by Gasteiger charge is 2.61. The molecule has 2 aliphatic rings. The number of nitrogens with one attached hydrogen (secondary N) is 1. The predicted octanol–water partition coefficient (Wildman–Crippen LogP) is 2.89. The lowest BCUT2D eigenvalue weighted by Crippen LogP contribution is -2.65.